The summed E-state index contributed by atoms with van der Waals surface area (Å²) < 4.78 is 0. The zero-order chi connectivity index (χ0) is 14.4. The molecular formula is C14H21N3O2. The summed E-state index contributed by atoms with van der Waals surface area (Å²) >= 11 is 0. The first kappa shape index (κ1) is 15.2. The van der Waals surface area contributed by atoms with Crippen molar-refractivity contribution >= 4 is 17.5 Å². The molecule has 0 saturated heterocycles. The Morgan fingerprint density at radius 2 is 2.00 bits per heavy atom. The molecule has 0 aliphatic rings. The predicted octanol–water partition coefficient (Wildman–Crippen LogP) is 1.36. The molecule has 0 radical (unpaired) electrons. The fourth-order valence-electron chi connectivity index (χ4n) is 1.53. The summed E-state index contributed by atoms with van der Waals surface area (Å²) in [5.74, 6) is -0.346. The third-order valence-electron chi connectivity index (χ3n) is 2.75. The number of amides is 2. The Balaban J connectivity index is 2.77. The number of anilines is 1. The van der Waals surface area contributed by atoms with Gasteiger partial charge in [-0.3, -0.25) is 9.59 Å². The minimum absolute atomic E-state index is 0.0616. The number of carbonyl (C=O) groups is 2. The standard InChI is InChI=1S/C14H21N3O2/c1-4-16-13(18)10-6-5-7-11(8-10)17-14(19)12(15)9(2)3/h5-9,12H,4,15H2,1-3H3,(H,16,18)(H,17,19). The summed E-state index contributed by atoms with van der Waals surface area (Å²) in [7, 11) is 0. The van der Waals surface area contributed by atoms with Crippen LogP contribution in [0.15, 0.2) is 24.3 Å². The van der Waals surface area contributed by atoms with Gasteiger partial charge in [0.25, 0.3) is 5.91 Å². The molecule has 1 atom stereocenters. The number of hydrogen-bond donors (Lipinski definition) is 3. The Hall–Kier alpha value is -1.88. The molecule has 0 spiro atoms. The number of benzene rings is 1. The summed E-state index contributed by atoms with van der Waals surface area (Å²) in [5.41, 5.74) is 6.85. The zero-order valence-corrected chi connectivity index (χ0v) is 11.6. The molecule has 0 aliphatic carbocycles. The van der Waals surface area contributed by atoms with Crippen molar-refractivity contribution in [3.63, 3.8) is 0 Å². The van der Waals surface area contributed by atoms with Crippen molar-refractivity contribution in [2.45, 2.75) is 26.8 Å². The Morgan fingerprint density at radius 1 is 1.32 bits per heavy atom. The lowest BCUT2D eigenvalue weighted by molar-refractivity contribution is -0.118. The number of hydrogen-bond acceptors (Lipinski definition) is 3. The highest BCUT2D eigenvalue weighted by molar-refractivity contribution is 5.98. The van der Waals surface area contributed by atoms with Gasteiger partial charge in [-0.15, -0.1) is 0 Å². The molecular weight excluding hydrogens is 242 g/mol. The molecule has 19 heavy (non-hydrogen) atoms. The van der Waals surface area contributed by atoms with Gasteiger partial charge in [-0.2, -0.15) is 0 Å². The number of rotatable bonds is 5. The smallest absolute Gasteiger partial charge is 0.251 e. The molecule has 1 rings (SSSR count). The first-order valence-corrected chi connectivity index (χ1v) is 6.40. The number of nitrogens with two attached hydrogens (primary N) is 1. The van der Waals surface area contributed by atoms with Crippen molar-refractivity contribution in [2.24, 2.45) is 11.7 Å². The lowest BCUT2D eigenvalue weighted by Crippen LogP contribution is -2.39. The second kappa shape index (κ2) is 6.89. The van der Waals surface area contributed by atoms with E-state index >= 15 is 0 Å². The molecule has 2 amide bonds. The maximum Gasteiger partial charge on any atom is 0.251 e. The molecule has 104 valence electrons. The molecule has 0 bridgehead atoms. The van der Waals surface area contributed by atoms with Crippen LogP contribution < -0.4 is 16.4 Å². The Kier molecular flexibility index (Phi) is 5.51. The van der Waals surface area contributed by atoms with Crippen molar-refractivity contribution < 1.29 is 9.59 Å². The van der Waals surface area contributed by atoms with E-state index in [0.29, 0.717) is 17.8 Å². The molecule has 5 nitrogen and oxygen atoms in total. The Labute approximate surface area is 113 Å². The van der Waals surface area contributed by atoms with Crippen LogP contribution in [-0.4, -0.2) is 24.4 Å². The van der Waals surface area contributed by atoms with E-state index in [2.05, 4.69) is 10.6 Å². The topological polar surface area (TPSA) is 84.2 Å². The van der Waals surface area contributed by atoms with Crippen LogP contribution in [-0.2, 0) is 4.79 Å². The molecule has 0 fully saturated rings. The average Bonchev–Trinajstić information content (AvgIpc) is 2.38. The summed E-state index contributed by atoms with van der Waals surface area (Å²) in [6, 6.07) is 6.22. The third kappa shape index (κ3) is 4.37. The quantitative estimate of drug-likeness (QED) is 0.750. The molecule has 1 aromatic rings. The van der Waals surface area contributed by atoms with Gasteiger partial charge in [-0.05, 0) is 31.0 Å². The molecule has 0 aromatic heterocycles. The van der Waals surface area contributed by atoms with Crippen molar-refractivity contribution in [3.8, 4) is 0 Å². The van der Waals surface area contributed by atoms with Crippen LogP contribution in [0.25, 0.3) is 0 Å². The minimum Gasteiger partial charge on any atom is -0.352 e. The third-order valence-corrected chi connectivity index (χ3v) is 2.75. The normalized spacial score (nSPS) is 12.1. The van der Waals surface area contributed by atoms with Crippen LogP contribution in [0.2, 0.25) is 0 Å². The van der Waals surface area contributed by atoms with Gasteiger partial charge in [0, 0.05) is 17.8 Å². The fourth-order valence-corrected chi connectivity index (χ4v) is 1.53. The lowest BCUT2D eigenvalue weighted by atomic mass is 10.0. The van der Waals surface area contributed by atoms with Crippen LogP contribution in [0, 0.1) is 5.92 Å². The Morgan fingerprint density at radius 3 is 2.58 bits per heavy atom. The molecule has 0 heterocycles. The van der Waals surface area contributed by atoms with Crippen LogP contribution >= 0.6 is 0 Å². The number of nitrogens with one attached hydrogen (secondary N) is 2. The SMILES string of the molecule is CCNC(=O)c1cccc(NC(=O)C(N)C(C)C)c1. The van der Waals surface area contributed by atoms with E-state index in [1.165, 1.54) is 0 Å². The first-order chi connectivity index (χ1) is 8.95. The van der Waals surface area contributed by atoms with Crippen molar-refractivity contribution in [3.05, 3.63) is 29.8 Å². The van der Waals surface area contributed by atoms with Gasteiger partial charge in [0.1, 0.15) is 0 Å². The van der Waals surface area contributed by atoms with Crippen LogP contribution in [0.5, 0.6) is 0 Å². The van der Waals surface area contributed by atoms with E-state index in [9.17, 15) is 9.59 Å². The molecule has 1 aromatic carbocycles. The zero-order valence-electron chi connectivity index (χ0n) is 11.6. The van der Waals surface area contributed by atoms with Crippen LogP contribution in [0.3, 0.4) is 0 Å². The van der Waals surface area contributed by atoms with Gasteiger partial charge < -0.3 is 16.4 Å². The molecule has 0 saturated carbocycles. The summed E-state index contributed by atoms with van der Waals surface area (Å²) in [4.78, 5) is 23.5. The average molecular weight is 263 g/mol. The predicted molar refractivity (Wildman–Crippen MR) is 75.9 cm³/mol. The van der Waals surface area contributed by atoms with Crippen molar-refractivity contribution in [1.29, 1.82) is 0 Å². The van der Waals surface area contributed by atoms with E-state index in [-0.39, 0.29) is 17.7 Å². The van der Waals surface area contributed by atoms with Gasteiger partial charge >= 0.3 is 0 Å². The van der Waals surface area contributed by atoms with E-state index in [0.717, 1.165) is 0 Å². The van der Waals surface area contributed by atoms with Crippen LogP contribution in [0.4, 0.5) is 5.69 Å². The van der Waals surface area contributed by atoms with E-state index in [1.54, 1.807) is 24.3 Å². The lowest BCUT2D eigenvalue weighted by Gasteiger charge is -2.15. The highest BCUT2D eigenvalue weighted by Crippen LogP contribution is 2.12. The first-order valence-electron chi connectivity index (χ1n) is 6.40. The monoisotopic (exact) mass is 263 g/mol. The van der Waals surface area contributed by atoms with Gasteiger partial charge in [0.15, 0.2) is 0 Å². The van der Waals surface area contributed by atoms with Crippen LogP contribution in [0.1, 0.15) is 31.1 Å². The fraction of sp³-hybridized carbons (Fsp3) is 0.429. The van der Waals surface area contributed by atoms with Gasteiger partial charge in [-0.25, -0.2) is 0 Å². The van der Waals surface area contributed by atoms with Crippen molar-refractivity contribution in [2.75, 3.05) is 11.9 Å². The second-order valence-electron chi connectivity index (χ2n) is 4.70. The summed E-state index contributed by atoms with van der Waals surface area (Å²) in [6.07, 6.45) is 0. The highest BCUT2D eigenvalue weighted by Gasteiger charge is 2.17. The maximum absolute atomic E-state index is 11.8. The molecule has 0 aliphatic heterocycles. The van der Waals surface area contributed by atoms with E-state index in [1.807, 2.05) is 20.8 Å². The minimum atomic E-state index is -0.562. The van der Waals surface area contributed by atoms with E-state index < -0.39 is 6.04 Å². The van der Waals surface area contributed by atoms with Gasteiger partial charge in [0.2, 0.25) is 5.91 Å². The largest absolute Gasteiger partial charge is 0.352 e. The second-order valence-corrected chi connectivity index (χ2v) is 4.70. The Bertz CT molecular complexity index is 458. The molecule has 1 unspecified atom stereocenters. The molecule has 5 heteroatoms. The maximum atomic E-state index is 11.8. The van der Waals surface area contributed by atoms with Crippen molar-refractivity contribution in [1.82, 2.24) is 5.32 Å². The molecule has 4 N–H and O–H groups in total. The van der Waals surface area contributed by atoms with Gasteiger partial charge in [0.05, 0.1) is 6.04 Å². The van der Waals surface area contributed by atoms with Gasteiger partial charge in [-0.1, -0.05) is 19.9 Å². The summed E-state index contributed by atoms with van der Waals surface area (Å²) in [6.45, 7) is 6.18. The summed E-state index contributed by atoms with van der Waals surface area (Å²) in [5, 5.41) is 5.42. The number of carbonyl (C=O) groups excluding carboxylic acids is 2. The van der Waals surface area contributed by atoms with E-state index in [4.69, 9.17) is 5.73 Å². The highest BCUT2D eigenvalue weighted by atomic mass is 16.2.